The molecule has 0 heterocycles. The van der Waals surface area contributed by atoms with Crippen LogP contribution in [0.4, 0.5) is 0 Å². The minimum absolute atomic E-state index is 0.375. The Morgan fingerprint density at radius 3 is 2.16 bits per heavy atom. The monoisotopic (exact) mass is 264 g/mol. The van der Waals surface area contributed by atoms with E-state index in [1.165, 1.54) is 6.42 Å². The summed E-state index contributed by atoms with van der Waals surface area (Å²) in [5, 5.41) is 10.9. The second-order valence-electron chi connectivity index (χ2n) is 5.35. The van der Waals surface area contributed by atoms with Crippen LogP contribution in [0.2, 0.25) is 0 Å². The molecule has 19 heavy (non-hydrogen) atoms. The van der Waals surface area contributed by atoms with Crippen LogP contribution in [0, 0.1) is 11.8 Å². The van der Waals surface area contributed by atoms with E-state index in [0.717, 1.165) is 18.4 Å². The van der Waals surface area contributed by atoms with Crippen LogP contribution in [-0.2, 0) is 5.60 Å². The molecule has 0 saturated heterocycles. The van der Waals surface area contributed by atoms with Gasteiger partial charge in [0.05, 0.1) is 26.9 Å². The molecule has 104 valence electrons. The van der Waals surface area contributed by atoms with Crippen molar-refractivity contribution in [3.05, 3.63) is 17.7 Å². The number of benzene rings is 1. The number of ether oxygens (including phenoxy) is 3. The van der Waals surface area contributed by atoms with Crippen LogP contribution in [0.1, 0.15) is 24.8 Å². The van der Waals surface area contributed by atoms with Gasteiger partial charge in [-0.25, -0.2) is 0 Å². The highest BCUT2D eigenvalue weighted by Crippen LogP contribution is 2.68. The first kappa shape index (κ1) is 12.6. The van der Waals surface area contributed by atoms with Crippen molar-refractivity contribution in [3.63, 3.8) is 0 Å². The summed E-state index contributed by atoms with van der Waals surface area (Å²) in [6.07, 6.45) is 3.41. The molecule has 1 aromatic carbocycles. The molecule has 0 aromatic heterocycles. The largest absolute Gasteiger partial charge is 0.493 e. The van der Waals surface area contributed by atoms with E-state index in [1.54, 1.807) is 21.3 Å². The minimum atomic E-state index is -0.733. The number of aliphatic hydroxyl groups is 1. The standard InChI is InChI=1S/C15H20O4/c1-17-12-8-7-11(13(18-2)14(12)19-3)15(16)9-5-4-6-10(9)15/h7-10,16H,4-6H2,1-3H3. The fourth-order valence-electron chi connectivity index (χ4n) is 3.74. The Balaban J connectivity index is 2.07. The van der Waals surface area contributed by atoms with E-state index in [9.17, 15) is 5.11 Å². The molecule has 2 atom stereocenters. The summed E-state index contributed by atoms with van der Waals surface area (Å²) in [6.45, 7) is 0. The molecule has 0 spiro atoms. The molecule has 2 fully saturated rings. The van der Waals surface area contributed by atoms with Crippen molar-refractivity contribution in [1.82, 2.24) is 0 Å². The zero-order valence-electron chi connectivity index (χ0n) is 11.6. The van der Waals surface area contributed by atoms with E-state index < -0.39 is 5.60 Å². The number of methoxy groups -OCH3 is 3. The van der Waals surface area contributed by atoms with Gasteiger partial charge in [-0.15, -0.1) is 0 Å². The second-order valence-corrected chi connectivity index (χ2v) is 5.35. The summed E-state index contributed by atoms with van der Waals surface area (Å²) in [5.74, 6) is 2.52. The number of rotatable bonds is 4. The Bertz CT molecular complexity index is 487. The average molecular weight is 264 g/mol. The Hall–Kier alpha value is -1.42. The molecule has 2 aliphatic rings. The van der Waals surface area contributed by atoms with Gasteiger partial charge in [-0.3, -0.25) is 0 Å². The van der Waals surface area contributed by atoms with Crippen LogP contribution in [0.3, 0.4) is 0 Å². The molecular formula is C15H20O4. The molecule has 0 aliphatic heterocycles. The van der Waals surface area contributed by atoms with Crippen LogP contribution in [0.5, 0.6) is 17.2 Å². The van der Waals surface area contributed by atoms with Crippen LogP contribution < -0.4 is 14.2 Å². The third kappa shape index (κ3) is 1.56. The van der Waals surface area contributed by atoms with Gasteiger partial charge < -0.3 is 19.3 Å². The van der Waals surface area contributed by atoms with Gasteiger partial charge in [0.2, 0.25) is 5.75 Å². The molecule has 4 nitrogen and oxygen atoms in total. The zero-order valence-corrected chi connectivity index (χ0v) is 11.6. The predicted octanol–water partition coefficient (Wildman–Crippen LogP) is 2.33. The highest BCUT2D eigenvalue weighted by molar-refractivity contribution is 5.59. The summed E-state index contributed by atoms with van der Waals surface area (Å²) in [4.78, 5) is 0. The molecule has 0 bridgehead atoms. The zero-order chi connectivity index (χ0) is 13.6. The van der Waals surface area contributed by atoms with E-state index in [2.05, 4.69) is 0 Å². The molecule has 2 unspecified atom stereocenters. The van der Waals surface area contributed by atoms with Gasteiger partial charge in [0.15, 0.2) is 11.5 Å². The lowest BCUT2D eigenvalue weighted by Crippen LogP contribution is -2.15. The smallest absolute Gasteiger partial charge is 0.203 e. The van der Waals surface area contributed by atoms with E-state index in [1.807, 2.05) is 12.1 Å². The highest BCUT2D eigenvalue weighted by Gasteiger charge is 2.67. The van der Waals surface area contributed by atoms with Gasteiger partial charge in [-0.05, 0) is 36.8 Å². The van der Waals surface area contributed by atoms with E-state index in [0.29, 0.717) is 29.1 Å². The van der Waals surface area contributed by atoms with Crippen molar-refractivity contribution in [2.75, 3.05) is 21.3 Å². The summed E-state index contributed by atoms with van der Waals surface area (Å²) < 4.78 is 16.1. The van der Waals surface area contributed by atoms with Crippen LogP contribution in [-0.4, -0.2) is 26.4 Å². The van der Waals surface area contributed by atoms with Crippen molar-refractivity contribution in [1.29, 1.82) is 0 Å². The molecular weight excluding hydrogens is 244 g/mol. The lowest BCUT2D eigenvalue weighted by atomic mass is 9.97. The van der Waals surface area contributed by atoms with Gasteiger partial charge in [0.25, 0.3) is 0 Å². The predicted molar refractivity (Wildman–Crippen MR) is 70.8 cm³/mol. The average Bonchev–Trinajstić information content (AvgIpc) is 2.84. The Kier molecular flexibility index (Phi) is 2.86. The van der Waals surface area contributed by atoms with Crippen molar-refractivity contribution < 1.29 is 19.3 Å². The Morgan fingerprint density at radius 1 is 1.00 bits per heavy atom. The molecule has 0 radical (unpaired) electrons. The van der Waals surface area contributed by atoms with Gasteiger partial charge in [-0.1, -0.05) is 6.42 Å². The molecule has 2 saturated carbocycles. The first-order valence-corrected chi connectivity index (χ1v) is 6.70. The highest BCUT2D eigenvalue weighted by atomic mass is 16.5. The minimum Gasteiger partial charge on any atom is -0.493 e. The summed E-state index contributed by atoms with van der Waals surface area (Å²) in [6, 6.07) is 3.74. The van der Waals surface area contributed by atoms with E-state index in [4.69, 9.17) is 14.2 Å². The maximum atomic E-state index is 10.9. The van der Waals surface area contributed by atoms with E-state index >= 15 is 0 Å². The quantitative estimate of drug-likeness (QED) is 0.906. The normalized spacial score (nSPS) is 31.8. The lowest BCUT2D eigenvalue weighted by Gasteiger charge is -2.21. The first-order valence-electron chi connectivity index (χ1n) is 6.70. The van der Waals surface area contributed by atoms with Gasteiger partial charge in [-0.2, -0.15) is 0 Å². The fourth-order valence-corrected chi connectivity index (χ4v) is 3.74. The third-order valence-corrected chi connectivity index (χ3v) is 4.67. The topological polar surface area (TPSA) is 47.9 Å². The maximum Gasteiger partial charge on any atom is 0.203 e. The molecule has 1 N–H and O–H groups in total. The van der Waals surface area contributed by atoms with Crippen molar-refractivity contribution in [2.24, 2.45) is 11.8 Å². The lowest BCUT2D eigenvalue weighted by molar-refractivity contribution is 0.101. The van der Waals surface area contributed by atoms with Crippen LogP contribution >= 0.6 is 0 Å². The van der Waals surface area contributed by atoms with Crippen molar-refractivity contribution in [2.45, 2.75) is 24.9 Å². The number of fused-ring (bicyclic) bond motifs is 1. The Morgan fingerprint density at radius 2 is 1.63 bits per heavy atom. The number of hydrogen-bond acceptors (Lipinski definition) is 4. The summed E-state index contributed by atoms with van der Waals surface area (Å²) >= 11 is 0. The molecule has 3 rings (SSSR count). The summed E-state index contributed by atoms with van der Waals surface area (Å²) in [5.41, 5.74) is 0.103. The fraction of sp³-hybridized carbons (Fsp3) is 0.600. The number of hydrogen-bond donors (Lipinski definition) is 1. The second kappa shape index (κ2) is 4.30. The maximum absolute atomic E-state index is 10.9. The van der Waals surface area contributed by atoms with Gasteiger partial charge in [0.1, 0.15) is 0 Å². The van der Waals surface area contributed by atoms with Gasteiger partial charge >= 0.3 is 0 Å². The van der Waals surface area contributed by atoms with Gasteiger partial charge in [0, 0.05) is 5.56 Å². The molecule has 4 heteroatoms. The summed E-state index contributed by atoms with van der Waals surface area (Å²) in [7, 11) is 4.78. The first-order chi connectivity index (χ1) is 9.18. The molecule has 1 aromatic rings. The van der Waals surface area contributed by atoms with Crippen molar-refractivity contribution >= 4 is 0 Å². The van der Waals surface area contributed by atoms with Crippen LogP contribution in [0.15, 0.2) is 12.1 Å². The molecule has 2 aliphatic carbocycles. The van der Waals surface area contributed by atoms with Crippen LogP contribution in [0.25, 0.3) is 0 Å². The Labute approximate surface area is 113 Å². The van der Waals surface area contributed by atoms with Crippen molar-refractivity contribution in [3.8, 4) is 17.2 Å². The SMILES string of the molecule is COc1ccc(C2(O)C3CCCC32)c(OC)c1OC. The van der Waals surface area contributed by atoms with E-state index in [-0.39, 0.29) is 0 Å². The molecule has 0 amide bonds. The third-order valence-electron chi connectivity index (χ3n) is 4.67.